The van der Waals surface area contributed by atoms with E-state index in [-0.39, 0.29) is 0 Å². The Morgan fingerprint density at radius 2 is 2.06 bits per heavy atom. The van der Waals surface area contributed by atoms with Gasteiger partial charge in [0.2, 0.25) is 0 Å². The van der Waals surface area contributed by atoms with E-state index in [1.165, 1.54) is 5.56 Å². The second-order valence-electron chi connectivity index (χ2n) is 3.98. The minimum atomic E-state index is 0.513. The molecular weight excluding hydrogens is 248 g/mol. The molecule has 0 radical (unpaired) electrons. The van der Waals surface area contributed by atoms with E-state index in [4.69, 9.17) is 16.3 Å². The molecule has 18 heavy (non-hydrogen) atoms. The molecule has 0 saturated carbocycles. The molecule has 0 amide bonds. The Hall–Kier alpha value is -1.58. The summed E-state index contributed by atoms with van der Waals surface area (Å²) in [6.07, 6.45) is 3.24. The van der Waals surface area contributed by atoms with Gasteiger partial charge in [0.25, 0.3) is 0 Å². The van der Waals surface area contributed by atoms with Gasteiger partial charge in [0, 0.05) is 18.8 Å². The number of hydrogen-bond acceptors (Lipinski definition) is 3. The Morgan fingerprint density at radius 3 is 2.83 bits per heavy atom. The van der Waals surface area contributed by atoms with Gasteiger partial charge in [0.05, 0.1) is 11.2 Å². The van der Waals surface area contributed by atoms with Gasteiger partial charge in [0.1, 0.15) is 12.4 Å². The molecule has 3 nitrogen and oxygen atoms in total. The number of nitrogens with zero attached hydrogens (tertiary/aromatic N) is 1. The van der Waals surface area contributed by atoms with Crippen molar-refractivity contribution in [2.45, 2.75) is 13.2 Å². The van der Waals surface area contributed by atoms with Gasteiger partial charge in [-0.1, -0.05) is 35.9 Å². The fourth-order valence-electron chi connectivity index (χ4n) is 1.67. The van der Waals surface area contributed by atoms with Crippen LogP contribution in [0.4, 0.5) is 0 Å². The second kappa shape index (κ2) is 6.38. The third kappa shape index (κ3) is 3.72. The van der Waals surface area contributed by atoms with E-state index in [1.54, 1.807) is 18.5 Å². The number of pyridine rings is 1. The molecule has 0 atom stereocenters. The molecule has 1 heterocycles. The number of aromatic nitrogens is 1. The summed E-state index contributed by atoms with van der Waals surface area (Å²) >= 11 is 5.84. The maximum atomic E-state index is 5.84. The van der Waals surface area contributed by atoms with Crippen LogP contribution in [0.2, 0.25) is 5.02 Å². The van der Waals surface area contributed by atoms with E-state index in [0.29, 0.717) is 17.4 Å². The van der Waals surface area contributed by atoms with Crippen molar-refractivity contribution in [2.24, 2.45) is 0 Å². The van der Waals surface area contributed by atoms with E-state index in [0.717, 1.165) is 12.1 Å². The molecule has 0 aliphatic carbocycles. The highest BCUT2D eigenvalue weighted by molar-refractivity contribution is 6.30. The summed E-state index contributed by atoms with van der Waals surface area (Å²) in [6.45, 7) is 1.37. The van der Waals surface area contributed by atoms with Gasteiger partial charge in [-0.2, -0.15) is 0 Å². The predicted octanol–water partition coefficient (Wildman–Crippen LogP) is 3.03. The number of halogens is 1. The normalized spacial score (nSPS) is 10.3. The Morgan fingerprint density at radius 1 is 1.22 bits per heavy atom. The van der Waals surface area contributed by atoms with Crippen LogP contribution in [0, 0.1) is 0 Å². The first-order valence-corrected chi connectivity index (χ1v) is 6.11. The number of hydrogen-bond donors (Lipinski definition) is 1. The van der Waals surface area contributed by atoms with Crippen LogP contribution in [0.25, 0.3) is 0 Å². The average molecular weight is 263 g/mol. The molecule has 1 aromatic heterocycles. The summed E-state index contributed by atoms with van der Waals surface area (Å²) in [4.78, 5) is 3.98. The molecular formula is C14H15ClN2O. The highest BCUT2D eigenvalue weighted by atomic mass is 35.5. The highest BCUT2D eigenvalue weighted by Gasteiger charge is 1.99. The Kier molecular flexibility index (Phi) is 4.56. The monoisotopic (exact) mass is 262 g/mol. The SMILES string of the molecule is CNCc1cccc(COc2cncc(Cl)c2)c1. The van der Waals surface area contributed by atoms with Gasteiger partial charge in [-0.05, 0) is 18.2 Å². The van der Waals surface area contributed by atoms with Gasteiger partial charge >= 0.3 is 0 Å². The Labute approximate surface area is 112 Å². The maximum absolute atomic E-state index is 5.84. The summed E-state index contributed by atoms with van der Waals surface area (Å²) < 4.78 is 5.64. The Bertz CT molecular complexity index is 517. The summed E-state index contributed by atoms with van der Waals surface area (Å²) in [7, 11) is 1.93. The number of ether oxygens (including phenoxy) is 1. The quantitative estimate of drug-likeness (QED) is 0.899. The molecule has 0 fully saturated rings. The van der Waals surface area contributed by atoms with Crippen LogP contribution < -0.4 is 10.1 Å². The minimum Gasteiger partial charge on any atom is -0.487 e. The lowest BCUT2D eigenvalue weighted by Crippen LogP contribution is -2.05. The van der Waals surface area contributed by atoms with Crippen molar-refractivity contribution in [3.63, 3.8) is 0 Å². The van der Waals surface area contributed by atoms with Crippen molar-refractivity contribution in [1.82, 2.24) is 10.3 Å². The average Bonchev–Trinajstić information content (AvgIpc) is 2.37. The summed E-state index contributed by atoms with van der Waals surface area (Å²) in [6, 6.07) is 10.0. The molecule has 0 bridgehead atoms. The van der Waals surface area contributed by atoms with Crippen LogP contribution >= 0.6 is 11.6 Å². The lowest BCUT2D eigenvalue weighted by atomic mass is 10.1. The van der Waals surface area contributed by atoms with Gasteiger partial charge in [-0.3, -0.25) is 4.98 Å². The van der Waals surface area contributed by atoms with Crippen LogP contribution in [0.15, 0.2) is 42.7 Å². The van der Waals surface area contributed by atoms with Crippen molar-refractivity contribution < 1.29 is 4.74 Å². The number of rotatable bonds is 5. The van der Waals surface area contributed by atoms with Gasteiger partial charge in [-0.25, -0.2) is 0 Å². The molecule has 0 spiro atoms. The second-order valence-corrected chi connectivity index (χ2v) is 4.41. The van der Waals surface area contributed by atoms with E-state index in [1.807, 2.05) is 19.2 Å². The van der Waals surface area contributed by atoms with Crippen molar-refractivity contribution in [3.05, 3.63) is 58.9 Å². The zero-order chi connectivity index (χ0) is 12.8. The molecule has 1 N–H and O–H groups in total. The summed E-state index contributed by atoms with van der Waals surface area (Å²) in [5, 5.41) is 3.70. The molecule has 0 unspecified atom stereocenters. The van der Waals surface area contributed by atoms with Crippen LogP contribution in [0.1, 0.15) is 11.1 Å². The standard InChI is InChI=1S/C14H15ClN2O/c1-16-7-11-3-2-4-12(5-11)10-18-14-6-13(15)8-17-9-14/h2-6,8-9,16H,7,10H2,1H3. The lowest BCUT2D eigenvalue weighted by Gasteiger charge is -2.07. The lowest BCUT2D eigenvalue weighted by molar-refractivity contribution is 0.305. The topological polar surface area (TPSA) is 34.1 Å². The van der Waals surface area contributed by atoms with Crippen LogP contribution in [0.3, 0.4) is 0 Å². The smallest absolute Gasteiger partial charge is 0.139 e. The first-order chi connectivity index (χ1) is 8.78. The van der Waals surface area contributed by atoms with Crippen molar-refractivity contribution >= 4 is 11.6 Å². The first-order valence-electron chi connectivity index (χ1n) is 5.73. The Balaban J connectivity index is 1.99. The van der Waals surface area contributed by atoms with Crippen LogP contribution in [-0.4, -0.2) is 12.0 Å². The number of benzene rings is 1. The molecule has 0 aliphatic rings. The third-order valence-electron chi connectivity index (χ3n) is 2.46. The summed E-state index contributed by atoms with van der Waals surface area (Å²) in [5.41, 5.74) is 2.37. The molecule has 0 aliphatic heterocycles. The van der Waals surface area contributed by atoms with Gasteiger partial charge < -0.3 is 10.1 Å². The molecule has 2 rings (SSSR count). The molecule has 1 aromatic carbocycles. The van der Waals surface area contributed by atoms with Gasteiger partial charge in [0.15, 0.2) is 0 Å². The van der Waals surface area contributed by atoms with E-state index >= 15 is 0 Å². The largest absolute Gasteiger partial charge is 0.487 e. The maximum Gasteiger partial charge on any atom is 0.139 e. The van der Waals surface area contributed by atoms with Crippen LogP contribution in [-0.2, 0) is 13.2 Å². The predicted molar refractivity (Wildman–Crippen MR) is 72.8 cm³/mol. The van der Waals surface area contributed by atoms with Crippen molar-refractivity contribution in [3.8, 4) is 5.75 Å². The summed E-state index contributed by atoms with van der Waals surface area (Å²) in [5.74, 6) is 0.682. The van der Waals surface area contributed by atoms with Crippen LogP contribution in [0.5, 0.6) is 5.75 Å². The highest BCUT2D eigenvalue weighted by Crippen LogP contribution is 2.16. The fourth-order valence-corrected chi connectivity index (χ4v) is 1.84. The molecule has 94 valence electrons. The van der Waals surface area contributed by atoms with E-state index < -0.39 is 0 Å². The molecule has 0 saturated heterocycles. The van der Waals surface area contributed by atoms with Crippen molar-refractivity contribution in [1.29, 1.82) is 0 Å². The van der Waals surface area contributed by atoms with E-state index in [9.17, 15) is 0 Å². The zero-order valence-corrected chi connectivity index (χ0v) is 10.9. The fraction of sp³-hybridized carbons (Fsp3) is 0.214. The van der Waals surface area contributed by atoms with Crippen molar-refractivity contribution in [2.75, 3.05) is 7.05 Å². The first kappa shape index (κ1) is 12.9. The molecule has 4 heteroatoms. The number of nitrogens with one attached hydrogen (secondary N) is 1. The zero-order valence-electron chi connectivity index (χ0n) is 10.2. The third-order valence-corrected chi connectivity index (χ3v) is 2.66. The molecule has 2 aromatic rings. The minimum absolute atomic E-state index is 0.513. The van der Waals surface area contributed by atoms with E-state index in [2.05, 4.69) is 22.4 Å². The van der Waals surface area contributed by atoms with Gasteiger partial charge in [-0.15, -0.1) is 0 Å².